The van der Waals surface area contributed by atoms with Gasteiger partial charge >= 0.3 is 0 Å². The Bertz CT molecular complexity index is 638. The molecule has 6 nitrogen and oxygen atoms in total. The predicted octanol–water partition coefficient (Wildman–Crippen LogP) is 1.30. The van der Waals surface area contributed by atoms with E-state index in [0.717, 1.165) is 19.6 Å². The summed E-state index contributed by atoms with van der Waals surface area (Å²) in [5.74, 6) is 1.01. The fourth-order valence-electron chi connectivity index (χ4n) is 2.86. The maximum Gasteiger partial charge on any atom is 0.232 e. The van der Waals surface area contributed by atoms with Gasteiger partial charge in [-0.05, 0) is 49.9 Å². The Balaban J connectivity index is 1.71. The van der Waals surface area contributed by atoms with Crippen LogP contribution in [-0.2, 0) is 6.54 Å². The molecule has 2 heterocycles. The van der Waals surface area contributed by atoms with E-state index in [0.29, 0.717) is 17.5 Å². The maximum absolute atomic E-state index is 13.0. The zero-order chi connectivity index (χ0) is 16.1. The molecular formula is C16H22FN6+. The van der Waals surface area contributed by atoms with E-state index in [-0.39, 0.29) is 11.8 Å². The Morgan fingerprint density at radius 3 is 2.39 bits per heavy atom. The Morgan fingerprint density at radius 1 is 1.00 bits per heavy atom. The minimum absolute atomic E-state index is 0.203. The smallest absolute Gasteiger partial charge is 0.232 e. The van der Waals surface area contributed by atoms with Gasteiger partial charge in [0.1, 0.15) is 12.4 Å². The highest BCUT2D eigenvalue weighted by Gasteiger charge is 2.15. The molecule has 122 valence electrons. The summed E-state index contributed by atoms with van der Waals surface area (Å²) in [4.78, 5) is 14.3. The van der Waals surface area contributed by atoms with Gasteiger partial charge in [0.15, 0.2) is 5.82 Å². The molecule has 1 aliphatic rings. The zero-order valence-electron chi connectivity index (χ0n) is 13.1. The van der Waals surface area contributed by atoms with Gasteiger partial charge in [-0.25, -0.2) is 4.39 Å². The summed E-state index contributed by atoms with van der Waals surface area (Å²) in [6.45, 7) is 3.05. The molecule has 0 unspecified atom stereocenters. The van der Waals surface area contributed by atoms with Crippen molar-refractivity contribution in [2.45, 2.75) is 32.2 Å². The number of hydrogen-bond acceptors (Lipinski definition) is 5. The fourth-order valence-corrected chi connectivity index (χ4v) is 2.86. The van der Waals surface area contributed by atoms with Crippen molar-refractivity contribution in [2.75, 3.05) is 24.1 Å². The summed E-state index contributed by atoms with van der Waals surface area (Å²) in [7, 11) is 0. The second-order valence-electron chi connectivity index (χ2n) is 5.91. The summed E-state index contributed by atoms with van der Waals surface area (Å²) in [6.07, 6.45) is 5.10. The van der Waals surface area contributed by atoms with Crippen molar-refractivity contribution in [1.82, 2.24) is 15.0 Å². The van der Waals surface area contributed by atoms with E-state index in [1.807, 2.05) is 0 Å². The first-order valence-electron chi connectivity index (χ1n) is 8.05. The molecule has 7 heteroatoms. The standard InChI is InChI=1S/C16H21FN6/c17-12-5-7-13(8-6-12)19-16-21-14(20-15(18)22-16)11-23-9-3-1-2-4-10-23/h5-8H,1-4,9-11H2,(H3,18,19,20,21,22)/p+1. The topological polar surface area (TPSA) is 81.2 Å². The Kier molecular flexibility index (Phi) is 4.97. The number of quaternary nitrogens is 1. The average molecular weight is 317 g/mol. The number of benzene rings is 1. The quantitative estimate of drug-likeness (QED) is 0.792. The summed E-state index contributed by atoms with van der Waals surface area (Å²) < 4.78 is 13.0. The monoisotopic (exact) mass is 317 g/mol. The van der Waals surface area contributed by atoms with Crippen LogP contribution in [0.25, 0.3) is 0 Å². The number of rotatable bonds is 4. The molecule has 4 N–H and O–H groups in total. The van der Waals surface area contributed by atoms with Crippen molar-refractivity contribution < 1.29 is 9.29 Å². The molecule has 1 fully saturated rings. The van der Waals surface area contributed by atoms with Crippen molar-refractivity contribution in [1.29, 1.82) is 0 Å². The molecule has 0 amide bonds. The second-order valence-corrected chi connectivity index (χ2v) is 5.91. The minimum atomic E-state index is -0.281. The first-order chi connectivity index (χ1) is 11.2. The lowest BCUT2D eigenvalue weighted by Gasteiger charge is -2.16. The van der Waals surface area contributed by atoms with Gasteiger partial charge in [-0.3, -0.25) is 0 Å². The van der Waals surface area contributed by atoms with Crippen LogP contribution in [0.1, 0.15) is 31.5 Å². The third-order valence-corrected chi connectivity index (χ3v) is 4.02. The van der Waals surface area contributed by atoms with Crippen molar-refractivity contribution in [3.05, 3.63) is 35.9 Å². The van der Waals surface area contributed by atoms with E-state index in [4.69, 9.17) is 5.73 Å². The fraction of sp³-hybridized carbons (Fsp3) is 0.438. The summed E-state index contributed by atoms with van der Waals surface area (Å²) in [5.41, 5.74) is 6.51. The van der Waals surface area contributed by atoms with Crippen LogP contribution in [0.3, 0.4) is 0 Å². The van der Waals surface area contributed by atoms with Gasteiger partial charge in [0.25, 0.3) is 0 Å². The van der Waals surface area contributed by atoms with Gasteiger partial charge in [0.2, 0.25) is 11.9 Å². The molecule has 1 aromatic heterocycles. The van der Waals surface area contributed by atoms with E-state index in [9.17, 15) is 4.39 Å². The van der Waals surface area contributed by atoms with Crippen LogP contribution in [-0.4, -0.2) is 28.0 Å². The molecule has 0 atom stereocenters. The number of halogens is 1. The lowest BCUT2D eigenvalue weighted by atomic mass is 10.2. The molecule has 3 rings (SSSR count). The number of nitrogens with two attached hydrogens (primary N) is 1. The molecular weight excluding hydrogens is 295 g/mol. The molecule has 2 aromatic rings. The third-order valence-electron chi connectivity index (χ3n) is 4.02. The van der Waals surface area contributed by atoms with Gasteiger partial charge in [-0.1, -0.05) is 0 Å². The Morgan fingerprint density at radius 2 is 1.70 bits per heavy atom. The number of hydrogen-bond donors (Lipinski definition) is 3. The SMILES string of the molecule is Nc1nc(C[NH+]2CCCCCC2)nc(Nc2ccc(F)cc2)n1. The van der Waals surface area contributed by atoms with Gasteiger partial charge in [-0.2, -0.15) is 15.0 Å². The predicted molar refractivity (Wildman–Crippen MR) is 86.8 cm³/mol. The van der Waals surface area contributed by atoms with Gasteiger partial charge in [-0.15, -0.1) is 0 Å². The summed E-state index contributed by atoms with van der Waals surface area (Å²) in [5, 5.41) is 3.04. The summed E-state index contributed by atoms with van der Waals surface area (Å²) in [6, 6.07) is 6.04. The Labute approximate surface area is 135 Å². The number of anilines is 3. The number of aromatic nitrogens is 3. The normalized spacial score (nSPS) is 16.0. The van der Waals surface area contributed by atoms with E-state index < -0.39 is 0 Å². The second kappa shape index (κ2) is 7.32. The minimum Gasteiger partial charge on any atom is -0.368 e. The molecule has 0 bridgehead atoms. The maximum atomic E-state index is 13.0. The van der Waals surface area contributed by atoms with Crippen LogP contribution in [0, 0.1) is 5.82 Å². The molecule has 0 saturated carbocycles. The number of nitrogen functional groups attached to an aromatic ring is 1. The zero-order valence-corrected chi connectivity index (χ0v) is 13.1. The lowest BCUT2D eigenvalue weighted by molar-refractivity contribution is -0.913. The largest absolute Gasteiger partial charge is 0.368 e. The molecule has 0 spiro atoms. The van der Waals surface area contributed by atoms with Gasteiger partial charge in [0, 0.05) is 5.69 Å². The van der Waals surface area contributed by atoms with Crippen LogP contribution in [0.4, 0.5) is 22.0 Å². The molecule has 23 heavy (non-hydrogen) atoms. The van der Waals surface area contributed by atoms with Crippen LogP contribution in [0.2, 0.25) is 0 Å². The molecule has 1 aromatic carbocycles. The molecule has 0 aliphatic carbocycles. The van der Waals surface area contributed by atoms with Gasteiger partial charge in [0.05, 0.1) is 13.1 Å². The van der Waals surface area contributed by atoms with E-state index >= 15 is 0 Å². The van der Waals surface area contributed by atoms with Crippen molar-refractivity contribution in [2.24, 2.45) is 0 Å². The van der Waals surface area contributed by atoms with E-state index in [2.05, 4.69) is 20.3 Å². The van der Waals surface area contributed by atoms with Gasteiger partial charge < -0.3 is 16.0 Å². The lowest BCUT2D eigenvalue weighted by Crippen LogP contribution is -3.10. The number of nitrogens with zero attached hydrogens (tertiary/aromatic N) is 3. The average Bonchev–Trinajstić information content (AvgIpc) is 2.78. The van der Waals surface area contributed by atoms with Crippen LogP contribution in [0.5, 0.6) is 0 Å². The van der Waals surface area contributed by atoms with Crippen molar-refractivity contribution >= 4 is 17.6 Å². The number of likely N-dealkylation sites (tertiary alicyclic amines) is 1. The number of nitrogens with one attached hydrogen (secondary N) is 2. The first kappa shape index (κ1) is 15.6. The highest BCUT2D eigenvalue weighted by molar-refractivity contribution is 5.53. The highest BCUT2D eigenvalue weighted by atomic mass is 19.1. The molecule has 0 radical (unpaired) electrons. The van der Waals surface area contributed by atoms with Crippen LogP contribution < -0.4 is 16.0 Å². The van der Waals surface area contributed by atoms with Crippen LogP contribution in [0.15, 0.2) is 24.3 Å². The molecule has 1 saturated heterocycles. The summed E-state index contributed by atoms with van der Waals surface area (Å²) >= 11 is 0. The van der Waals surface area contributed by atoms with Crippen LogP contribution >= 0.6 is 0 Å². The molecule has 1 aliphatic heterocycles. The van der Waals surface area contributed by atoms with E-state index in [1.165, 1.54) is 42.7 Å². The van der Waals surface area contributed by atoms with E-state index in [1.54, 1.807) is 12.1 Å². The van der Waals surface area contributed by atoms with Crippen molar-refractivity contribution in [3.63, 3.8) is 0 Å². The Hall–Kier alpha value is -2.28. The van der Waals surface area contributed by atoms with Crippen molar-refractivity contribution in [3.8, 4) is 0 Å². The highest BCUT2D eigenvalue weighted by Crippen LogP contribution is 2.14. The first-order valence-corrected chi connectivity index (χ1v) is 8.05. The third kappa shape index (κ3) is 4.59.